The highest BCUT2D eigenvalue weighted by atomic mass is 35.5. The van der Waals surface area contributed by atoms with Crippen LogP contribution in [0, 0.1) is 5.92 Å². The molecule has 28 heavy (non-hydrogen) atoms. The average Bonchev–Trinajstić information content (AvgIpc) is 2.70. The second kappa shape index (κ2) is 8.94. The predicted octanol–water partition coefficient (Wildman–Crippen LogP) is 3.78. The van der Waals surface area contributed by atoms with Crippen molar-refractivity contribution < 1.29 is 17.9 Å². The maximum atomic E-state index is 13.0. The number of carbonyl (C=O) groups is 1. The Hall–Kier alpha value is -2.09. The fourth-order valence-electron chi connectivity index (χ4n) is 3.18. The number of rotatable bonds is 6. The molecule has 1 saturated heterocycles. The lowest BCUT2D eigenvalue weighted by atomic mass is 9.99. The number of nitrogens with zero attached hydrogens (tertiary/aromatic N) is 1. The molecule has 0 aromatic heterocycles. The summed E-state index contributed by atoms with van der Waals surface area (Å²) >= 11 is 5.86. The van der Waals surface area contributed by atoms with Gasteiger partial charge in [0.25, 0.3) is 0 Å². The molecule has 1 amide bonds. The summed E-state index contributed by atoms with van der Waals surface area (Å²) in [5, 5.41) is 3.42. The quantitative estimate of drug-likeness (QED) is 0.768. The van der Waals surface area contributed by atoms with Crippen LogP contribution in [0.15, 0.2) is 53.4 Å². The number of sulfonamides is 1. The van der Waals surface area contributed by atoms with E-state index in [0.717, 1.165) is 0 Å². The summed E-state index contributed by atoms with van der Waals surface area (Å²) in [6, 6.07) is 13.2. The van der Waals surface area contributed by atoms with Crippen molar-refractivity contribution in [2.45, 2.75) is 24.7 Å². The molecule has 0 aliphatic carbocycles. The number of benzene rings is 2. The minimum atomic E-state index is -3.66. The minimum Gasteiger partial charge on any atom is -0.494 e. The van der Waals surface area contributed by atoms with Crippen molar-refractivity contribution in [2.24, 2.45) is 5.92 Å². The Kier molecular flexibility index (Phi) is 6.59. The molecule has 1 aliphatic rings. The molecule has 0 saturated carbocycles. The number of hydrogen-bond acceptors (Lipinski definition) is 4. The summed E-state index contributed by atoms with van der Waals surface area (Å²) in [4.78, 5) is 12.8. The van der Waals surface area contributed by atoms with E-state index in [0.29, 0.717) is 42.5 Å². The van der Waals surface area contributed by atoms with E-state index >= 15 is 0 Å². The maximum absolute atomic E-state index is 13.0. The fraction of sp³-hybridized carbons (Fsp3) is 0.350. The lowest BCUT2D eigenvalue weighted by molar-refractivity contribution is -0.120. The molecule has 0 spiro atoms. The van der Waals surface area contributed by atoms with Crippen molar-refractivity contribution in [3.8, 4) is 5.75 Å². The lowest BCUT2D eigenvalue weighted by Crippen LogP contribution is -2.43. The largest absolute Gasteiger partial charge is 0.494 e. The molecular formula is C20H23ClN2O4S. The number of nitrogens with one attached hydrogen (secondary N) is 1. The Morgan fingerprint density at radius 2 is 1.86 bits per heavy atom. The summed E-state index contributed by atoms with van der Waals surface area (Å²) in [6.45, 7) is 2.95. The van der Waals surface area contributed by atoms with Crippen LogP contribution in [0.4, 0.5) is 5.69 Å². The smallest absolute Gasteiger partial charge is 0.243 e. The van der Waals surface area contributed by atoms with E-state index in [9.17, 15) is 13.2 Å². The zero-order chi connectivity index (χ0) is 20.1. The van der Waals surface area contributed by atoms with Crippen molar-refractivity contribution in [3.63, 3.8) is 0 Å². The molecule has 3 rings (SSSR count). The number of anilines is 1. The van der Waals surface area contributed by atoms with Crippen molar-refractivity contribution in [2.75, 3.05) is 25.0 Å². The third kappa shape index (κ3) is 4.84. The van der Waals surface area contributed by atoms with E-state index < -0.39 is 15.9 Å². The monoisotopic (exact) mass is 422 g/mol. The first-order valence-electron chi connectivity index (χ1n) is 9.19. The second-order valence-corrected chi connectivity index (χ2v) is 8.98. The van der Waals surface area contributed by atoms with Crippen LogP contribution in [0.3, 0.4) is 0 Å². The Bertz CT molecular complexity index is 914. The number of halogens is 1. The number of piperidine rings is 1. The number of ether oxygens (including phenoxy) is 1. The van der Waals surface area contributed by atoms with E-state index in [1.807, 2.05) is 6.92 Å². The Morgan fingerprint density at radius 3 is 2.50 bits per heavy atom. The first-order chi connectivity index (χ1) is 13.4. The van der Waals surface area contributed by atoms with Gasteiger partial charge in [-0.05, 0) is 68.3 Å². The van der Waals surface area contributed by atoms with Crippen LogP contribution >= 0.6 is 11.6 Å². The van der Waals surface area contributed by atoms with Crippen LogP contribution in [-0.4, -0.2) is 38.3 Å². The van der Waals surface area contributed by atoms with Crippen LogP contribution in [-0.2, 0) is 14.8 Å². The van der Waals surface area contributed by atoms with E-state index in [1.54, 1.807) is 36.4 Å². The van der Waals surface area contributed by atoms with Crippen LogP contribution in [0.25, 0.3) is 0 Å². The molecule has 1 fully saturated rings. The van der Waals surface area contributed by atoms with Crippen LogP contribution < -0.4 is 10.1 Å². The summed E-state index contributed by atoms with van der Waals surface area (Å²) in [5.41, 5.74) is 0.640. The summed E-state index contributed by atoms with van der Waals surface area (Å²) in [5.74, 6) is 0.0381. The van der Waals surface area contributed by atoms with E-state index in [1.165, 1.54) is 16.4 Å². The second-order valence-electron chi connectivity index (χ2n) is 6.60. The molecule has 2 aromatic carbocycles. The van der Waals surface area contributed by atoms with Crippen molar-refractivity contribution in [1.82, 2.24) is 4.31 Å². The first-order valence-corrected chi connectivity index (χ1v) is 11.0. The van der Waals surface area contributed by atoms with E-state index in [2.05, 4.69) is 5.32 Å². The topological polar surface area (TPSA) is 75.7 Å². The van der Waals surface area contributed by atoms with Crippen LogP contribution in [0.5, 0.6) is 5.75 Å². The molecule has 1 aliphatic heterocycles. The van der Waals surface area contributed by atoms with Gasteiger partial charge >= 0.3 is 0 Å². The SMILES string of the molecule is CCOc1ccc(S(=O)(=O)N2CCC[C@@H](C(=O)Nc3ccc(Cl)cc3)C2)cc1. The minimum absolute atomic E-state index is 0.162. The van der Waals surface area contributed by atoms with Gasteiger partial charge in [0.05, 0.1) is 17.4 Å². The highest BCUT2D eigenvalue weighted by molar-refractivity contribution is 7.89. The van der Waals surface area contributed by atoms with Gasteiger partial charge in [-0.1, -0.05) is 11.6 Å². The van der Waals surface area contributed by atoms with Crippen molar-refractivity contribution in [1.29, 1.82) is 0 Å². The van der Waals surface area contributed by atoms with Crippen LogP contribution in [0.2, 0.25) is 5.02 Å². The van der Waals surface area contributed by atoms with Gasteiger partial charge in [-0.2, -0.15) is 4.31 Å². The summed E-state index contributed by atoms with van der Waals surface area (Å²) in [6.07, 6.45) is 1.28. The normalized spacial score (nSPS) is 17.9. The van der Waals surface area contributed by atoms with E-state index in [-0.39, 0.29) is 17.3 Å². The van der Waals surface area contributed by atoms with Crippen molar-refractivity contribution in [3.05, 3.63) is 53.6 Å². The highest BCUT2D eigenvalue weighted by Gasteiger charge is 2.33. The molecule has 1 heterocycles. The molecule has 2 aromatic rings. The Morgan fingerprint density at radius 1 is 1.18 bits per heavy atom. The average molecular weight is 423 g/mol. The molecular weight excluding hydrogens is 400 g/mol. The zero-order valence-corrected chi connectivity index (χ0v) is 17.2. The van der Waals surface area contributed by atoms with Gasteiger partial charge in [0.15, 0.2) is 0 Å². The third-order valence-electron chi connectivity index (χ3n) is 4.64. The molecule has 1 atom stereocenters. The van der Waals surface area contributed by atoms with Gasteiger partial charge < -0.3 is 10.1 Å². The summed E-state index contributed by atoms with van der Waals surface area (Å²) < 4.78 is 32.7. The van der Waals surface area contributed by atoms with Gasteiger partial charge in [-0.25, -0.2) is 8.42 Å². The Balaban J connectivity index is 1.69. The van der Waals surface area contributed by atoms with Gasteiger partial charge in [0, 0.05) is 23.8 Å². The number of hydrogen-bond donors (Lipinski definition) is 1. The van der Waals surface area contributed by atoms with E-state index in [4.69, 9.17) is 16.3 Å². The summed E-state index contributed by atoms with van der Waals surface area (Å²) in [7, 11) is -3.66. The molecule has 1 N–H and O–H groups in total. The maximum Gasteiger partial charge on any atom is 0.243 e. The fourth-order valence-corrected chi connectivity index (χ4v) is 4.83. The zero-order valence-electron chi connectivity index (χ0n) is 15.6. The van der Waals surface area contributed by atoms with Gasteiger partial charge in [-0.15, -0.1) is 0 Å². The first kappa shape index (κ1) is 20.6. The molecule has 0 unspecified atom stereocenters. The van der Waals surface area contributed by atoms with Crippen LogP contribution in [0.1, 0.15) is 19.8 Å². The number of amides is 1. The molecule has 8 heteroatoms. The standard InChI is InChI=1S/C20H23ClN2O4S/c1-2-27-18-9-11-19(12-10-18)28(25,26)23-13-3-4-15(14-23)20(24)22-17-7-5-16(21)6-8-17/h5-12,15H,2-4,13-14H2,1H3,(H,22,24)/t15-/m1/s1. The highest BCUT2D eigenvalue weighted by Crippen LogP contribution is 2.26. The predicted molar refractivity (Wildman–Crippen MR) is 109 cm³/mol. The van der Waals surface area contributed by atoms with Gasteiger partial charge in [-0.3, -0.25) is 4.79 Å². The lowest BCUT2D eigenvalue weighted by Gasteiger charge is -2.31. The van der Waals surface area contributed by atoms with Gasteiger partial charge in [0.2, 0.25) is 15.9 Å². The molecule has 6 nitrogen and oxygen atoms in total. The van der Waals surface area contributed by atoms with Crippen molar-refractivity contribution >= 4 is 33.2 Å². The third-order valence-corrected chi connectivity index (χ3v) is 6.77. The molecule has 0 bridgehead atoms. The number of carbonyl (C=O) groups excluding carboxylic acids is 1. The molecule has 150 valence electrons. The van der Waals surface area contributed by atoms with Gasteiger partial charge in [0.1, 0.15) is 5.75 Å². The Labute approximate surface area is 170 Å². The molecule has 0 radical (unpaired) electrons.